The number of fused-ring (bicyclic) bond motifs is 1. The Hall–Kier alpha value is -0.910. The molecule has 0 unspecified atom stereocenters. The number of ether oxygens (including phenoxy) is 2. The minimum absolute atomic E-state index is 0.269. The van der Waals surface area contributed by atoms with Crippen LogP contribution in [0.4, 0.5) is 0 Å². The van der Waals surface area contributed by atoms with Gasteiger partial charge in [-0.1, -0.05) is 19.9 Å². The van der Waals surface area contributed by atoms with Crippen LogP contribution >= 0.6 is 0 Å². The number of carbonyl (C=O) groups is 1. The second-order valence-corrected chi connectivity index (χ2v) is 6.37. The van der Waals surface area contributed by atoms with Gasteiger partial charge in [0.15, 0.2) is 5.60 Å². The first-order valence-electron chi connectivity index (χ1n) is 7.76. The van der Waals surface area contributed by atoms with Crippen LogP contribution in [-0.2, 0) is 14.3 Å². The number of hydrogen-bond acceptors (Lipinski definition) is 5. The quantitative estimate of drug-likeness (QED) is 0.592. The standard InChI is InChI=1S/C16H27NO4/c1-11(2)16(19,12(3)20-4)15(18)21-10-13-7-9-17-8-5-6-14(13)17/h7,11-12,14,19H,5-6,8-10H2,1-4H3/t12-,14+,16+/m0/s1. The van der Waals surface area contributed by atoms with Crippen LogP contribution in [0.3, 0.4) is 0 Å². The Morgan fingerprint density at radius 1 is 1.52 bits per heavy atom. The summed E-state index contributed by atoms with van der Waals surface area (Å²) < 4.78 is 10.6. The van der Waals surface area contributed by atoms with Gasteiger partial charge in [0, 0.05) is 19.7 Å². The Kier molecular flexibility index (Phi) is 5.07. The SMILES string of the molecule is CO[C@@H](C)[C@@](O)(C(=O)OCC1=CCN2CCC[C@H]12)C(C)C. The average molecular weight is 297 g/mol. The minimum atomic E-state index is -1.61. The summed E-state index contributed by atoms with van der Waals surface area (Å²) in [7, 11) is 1.49. The van der Waals surface area contributed by atoms with Gasteiger partial charge in [-0.25, -0.2) is 4.79 Å². The van der Waals surface area contributed by atoms with E-state index in [4.69, 9.17) is 9.47 Å². The van der Waals surface area contributed by atoms with Crippen molar-refractivity contribution in [3.63, 3.8) is 0 Å². The second-order valence-electron chi connectivity index (χ2n) is 6.37. The third-order valence-electron chi connectivity index (χ3n) is 4.93. The number of aliphatic hydroxyl groups is 1. The maximum Gasteiger partial charge on any atom is 0.341 e. The first-order chi connectivity index (χ1) is 9.91. The topological polar surface area (TPSA) is 59.0 Å². The summed E-state index contributed by atoms with van der Waals surface area (Å²) in [5, 5.41) is 10.7. The van der Waals surface area contributed by atoms with Gasteiger partial charge in [-0.2, -0.15) is 0 Å². The van der Waals surface area contributed by atoms with Crippen molar-refractivity contribution in [1.29, 1.82) is 0 Å². The molecule has 3 atom stereocenters. The molecule has 2 heterocycles. The van der Waals surface area contributed by atoms with Crippen LogP contribution in [0.15, 0.2) is 11.6 Å². The van der Waals surface area contributed by atoms with E-state index < -0.39 is 17.7 Å². The summed E-state index contributed by atoms with van der Waals surface area (Å²) in [6.45, 7) is 7.62. The van der Waals surface area contributed by atoms with E-state index in [0.717, 1.165) is 25.1 Å². The van der Waals surface area contributed by atoms with Crippen LogP contribution in [0, 0.1) is 5.92 Å². The molecular formula is C16H27NO4. The summed E-state index contributed by atoms with van der Waals surface area (Å²) in [4.78, 5) is 14.8. The zero-order valence-electron chi connectivity index (χ0n) is 13.5. The molecule has 2 aliphatic rings. The van der Waals surface area contributed by atoms with Gasteiger partial charge in [0.1, 0.15) is 6.61 Å². The van der Waals surface area contributed by atoms with Gasteiger partial charge in [0.25, 0.3) is 0 Å². The number of esters is 1. The molecule has 0 amide bonds. The first kappa shape index (κ1) is 16.5. The van der Waals surface area contributed by atoms with Crippen LogP contribution < -0.4 is 0 Å². The molecule has 0 saturated carbocycles. The minimum Gasteiger partial charge on any atom is -0.459 e. The Morgan fingerprint density at radius 3 is 2.86 bits per heavy atom. The lowest BCUT2D eigenvalue weighted by Crippen LogP contribution is -2.54. The van der Waals surface area contributed by atoms with Crippen LogP contribution in [0.25, 0.3) is 0 Å². The van der Waals surface area contributed by atoms with Crippen molar-refractivity contribution in [2.24, 2.45) is 5.92 Å². The van der Waals surface area contributed by atoms with Gasteiger partial charge < -0.3 is 14.6 Å². The normalized spacial score (nSPS) is 26.4. The Balaban J connectivity index is 1.97. The largest absolute Gasteiger partial charge is 0.459 e. The van der Waals surface area contributed by atoms with Crippen molar-refractivity contribution in [3.05, 3.63) is 11.6 Å². The van der Waals surface area contributed by atoms with Crippen molar-refractivity contribution in [2.75, 3.05) is 26.8 Å². The molecule has 0 bridgehead atoms. The molecule has 1 N–H and O–H groups in total. The van der Waals surface area contributed by atoms with E-state index in [2.05, 4.69) is 11.0 Å². The summed E-state index contributed by atoms with van der Waals surface area (Å²) in [6, 6.07) is 0.421. The number of rotatable bonds is 6. The number of hydrogen-bond donors (Lipinski definition) is 1. The number of carbonyl (C=O) groups excluding carboxylic acids is 1. The zero-order chi connectivity index (χ0) is 15.6. The summed E-state index contributed by atoms with van der Waals surface area (Å²) in [5.41, 5.74) is -0.444. The lowest BCUT2D eigenvalue weighted by molar-refractivity contribution is -0.186. The Bertz CT molecular complexity index is 421. The molecule has 1 fully saturated rings. The molecule has 21 heavy (non-hydrogen) atoms. The highest BCUT2D eigenvalue weighted by molar-refractivity contribution is 5.80. The lowest BCUT2D eigenvalue weighted by Gasteiger charge is -2.34. The van der Waals surface area contributed by atoms with Gasteiger partial charge >= 0.3 is 5.97 Å². The highest BCUT2D eigenvalue weighted by atomic mass is 16.6. The summed E-state index contributed by atoms with van der Waals surface area (Å²) >= 11 is 0. The van der Waals surface area contributed by atoms with Crippen LogP contribution in [0.2, 0.25) is 0 Å². The molecule has 0 radical (unpaired) electrons. The maximum absolute atomic E-state index is 12.4. The Morgan fingerprint density at radius 2 is 2.24 bits per heavy atom. The highest BCUT2D eigenvalue weighted by Crippen LogP contribution is 2.30. The fraction of sp³-hybridized carbons (Fsp3) is 0.812. The fourth-order valence-electron chi connectivity index (χ4n) is 3.31. The van der Waals surface area contributed by atoms with Crippen molar-refractivity contribution in [1.82, 2.24) is 4.90 Å². The van der Waals surface area contributed by atoms with E-state index in [1.807, 2.05) is 0 Å². The molecule has 1 saturated heterocycles. The van der Waals surface area contributed by atoms with Crippen LogP contribution in [-0.4, -0.2) is 60.5 Å². The van der Waals surface area contributed by atoms with E-state index in [1.165, 1.54) is 13.5 Å². The van der Waals surface area contributed by atoms with Gasteiger partial charge in [0.2, 0.25) is 0 Å². The molecule has 0 aliphatic carbocycles. The maximum atomic E-state index is 12.4. The third kappa shape index (κ3) is 3.00. The van der Waals surface area contributed by atoms with Crippen molar-refractivity contribution >= 4 is 5.97 Å². The van der Waals surface area contributed by atoms with E-state index in [9.17, 15) is 9.90 Å². The molecule has 2 rings (SSSR count). The van der Waals surface area contributed by atoms with Gasteiger partial charge in [-0.05, 0) is 37.8 Å². The predicted octanol–water partition coefficient (Wildman–Crippen LogP) is 1.36. The van der Waals surface area contributed by atoms with Gasteiger partial charge in [-0.15, -0.1) is 0 Å². The van der Waals surface area contributed by atoms with E-state index in [0.29, 0.717) is 6.04 Å². The molecule has 0 aromatic carbocycles. The third-order valence-corrected chi connectivity index (χ3v) is 4.93. The number of methoxy groups -OCH3 is 1. The van der Waals surface area contributed by atoms with Gasteiger partial charge in [0.05, 0.1) is 6.10 Å². The number of nitrogens with zero attached hydrogens (tertiary/aromatic N) is 1. The van der Waals surface area contributed by atoms with Gasteiger partial charge in [-0.3, -0.25) is 4.90 Å². The van der Waals surface area contributed by atoms with E-state index in [-0.39, 0.29) is 12.5 Å². The van der Waals surface area contributed by atoms with E-state index in [1.54, 1.807) is 20.8 Å². The smallest absolute Gasteiger partial charge is 0.341 e. The van der Waals surface area contributed by atoms with E-state index >= 15 is 0 Å². The average Bonchev–Trinajstić information content (AvgIpc) is 3.06. The molecular weight excluding hydrogens is 270 g/mol. The summed E-state index contributed by atoms with van der Waals surface area (Å²) in [5.74, 6) is -0.871. The molecule has 2 aliphatic heterocycles. The van der Waals surface area contributed by atoms with Crippen molar-refractivity contribution in [3.8, 4) is 0 Å². The Labute approximate surface area is 126 Å². The zero-order valence-corrected chi connectivity index (χ0v) is 13.5. The lowest BCUT2D eigenvalue weighted by atomic mass is 9.85. The van der Waals surface area contributed by atoms with Crippen molar-refractivity contribution in [2.45, 2.75) is 51.4 Å². The molecule has 0 aromatic rings. The molecule has 120 valence electrons. The monoisotopic (exact) mass is 297 g/mol. The highest BCUT2D eigenvalue weighted by Gasteiger charge is 2.47. The second kappa shape index (κ2) is 6.46. The van der Waals surface area contributed by atoms with Crippen LogP contribution in [0.5, 0.6) is 0 Å². The first-order valence-corrected chi connectivity index (χ1v) is 7.76. The molecule has 0 aromatic heterocycles. The molecule has 0 spiro atoms. The summed E-state index contributed by atoms with van der Waals surface area (Å²) in [6.07, 6.45) is 3.87. The van der Waals surface area contributed by atoms with Crippen molar-refractivity contribution < 1.29 is 19.4 Å². The molecule has 5 heteroatoms. The fourth-order valence-corrected chi connectivity index (χ4v) is 3.31. The predicted molar refractivity (Wildman–Crippen MR) is 79.9 cm³/mol. The molecule has 5 nitrogen and oxygen atoms in total. The van der Waals surface area contributed by atoms with Crippen LogP contribution in [0.1, 0.15) is 33.6 Å².